The van der Waals surface area contributed by atoms with Crippen LogP contribution in [0.1, 0.15) is 23.5 Å². The van der Waals surface area contributed by atoms with Gasteiger partial charge in [0.2, 0.25) is 5.91 Å². The lowest BCUT2D eigenvalue weighted by atomic mass is 10.0. The number of fused-ring (bicyclic) bond motifs is 1. The molecule has 1 saturated carbocycles. The summed E-state index contributed by atoms with van der Waals surface area (Å²) in [7, 11) is 0. The van der Waals surface area contributed by atoms with Gasteiger partial charge in [0, 0.05) is 53.6 Å². The monoisotopic (exact) mass is 432 g/mol. The van der Waals surface area contributed by atoms with Crippen molar-refractivity contribution in [3.63, 3.8) is 0 Å². The maximum absolute atomic E-state index is 12.7. The van der Waals surface area contributed by atoms with Crippen LogP contribution in [-0.4, -0.2) is 36.9 Å². The van der Waals surface area contributed by atoms with E-state index in [1.807, 2.05) is 23.7 Å². The maximum Gasteiger partial charge on any atom is 0.229 e. The van der Waals surface area contributed by atoms with E-state index in [4.69, 9.17) is 5.73 Å². The van der Waals surface area contributed by atoms with Crippen molar-refractivity contribution >= 4 is 39.8 Å². The predicted octanol–water partition coefficient (Wildman–Crippen LogP) is 3.01. The Morgan fingerprint density at radius 2 is 2.19 bits per heavy atom. The minimum atomic E-state index is -0.0524. The van der Waals surface area contributed by atoms with Crippen LogP contribution in [0.3, 0.4) is 0 Å². The number of nitrogen functional groups attached to an aromatic ring is 1. The second-order valence-corrected chi connectivity index (χ2v) is 8.24. The van der Waals surface area contributed by atoms with Gasteiger partial charge in [0.1, 0.15) is 11.6 Å². The smallest absolute Gasteiger partial charge is 0.229 e. The molecule has 0 saturated heterocycles. The van der Waals surface area contributed by atoms with Crippen LogP contribution in [0.2, 0.25) is 0 Å². The summed E-state index contributed by atoms with van der Waals surface area (Å²) < 4.78 is 4.12. The molecule has 0 aliphatic heterocycles. The zero-order valence-electron chi connectivity index (χ0n) is 16.5. The molecule has 0 spiro atoms. The minimum absolute atomic E-state index is 0.0315. The highest BCUT2D eigenvalue weighted by atomic mass is 32.1. The lowest BCUT2D eigenvalue weighted by Gasteiger charge is -2.11. The van der Waals surface area contributed by atoms with Crippen LogP contribution in [0.25, 0.3) is 22.0 Å². The lowest BCUT2D eigenvalue weighted by molar-refractivity contribution is -0.117. The largest absolute Gasteiger partial charge is 0.396 e. The molecule has 8 nitrogen and oxygen atoms in total. The van der Waals surface area contributed by atoms with Gasteiger partial charge in [0.25, 0.3) is 0 Å². The molecular weight excluding hydrogens is 412 g/mol. The van der Waals surface area contributed by atoms with E-state index in [1.165, 1.54) is 11.5 Å². The number of carbonyl (C=O) groups excluding carboxylic acids is 1. The summed E-state index contributed by atoms with van der Waals surface area (Å²) in [5.41, 5.74) is 9.73. The number of aromatic nitrogens is 4. The van der Waals surface area contributed by atoms with Crippen LogP contribution in [0, 0.1) is 5.92 Å². The first-order valence-electron chi connectivity index (χ1n) is 9.94. The van der Waals surface area contributed by atoms with Gasteiger partial charge < -0.3 is 16.2 Å². The number of nitrogens with zero attached hydrogens (tertiary/aromatic N) is 4. The van der Waals surface area contributed by atoms with Gasteiger partial charge in [0.15, 0.2) is 0 Å². The van der Waals surface area contributed by atoms with E-state index in [-0.39, 0.29) is 24.3 Å². The number of carbonyl (C=O) groups is 1. The van der Waals surface area contributed by atoms with Crippen LogP contribution >= 0.6 is 11.5 Å². The fourth-order valence-electron chi connectivity index (χ4n) is 3.84. The van der Waals surface area contributed by atoms with Crippen molar-refractivity contribution in [2.75, 3.05) is 17.7 Å². The van der Waals surface area contributed by atoms with E-state index in [0.717, 1.165) is 28.5 Å². The standard InChI is InChI=1S/C22H20N6O2S/c23-21-18-10-25-20(28-22(30)16-7-15(16)14-8-26-31-11-14)6-13(18)5-19(27-21)17-9-24-3-1-12(17)2-4-29/h1,3,5-6,8-11,15-16,29H,2,4,7H2,(H2,23,27)(H,25,28,30). The van der Waals surface area contributed by atoms with Crippen molar-refractivity contribution in [3.05, 3.63) is 59.5 Å². The van der Waals surface area contributed by atoms with Gasteiger partial charge in [-0.1, -0.05) is 0 Å². The minimum Gasteiger partial charge on any atom is -0.396 e. The maximum atomic E-state index is 12.7. The third-order valence-corrected chi connectivity index (χ3v) is 6.18. The molecule has 4 heterocycles. The molecule has 1 aliphatic rings. The average molecular weight is 433 g/mol. The van der Waals surface area contributed by atoms with Crippen LogP contribution in [0.5, 0.6) is 0 Å². The zero-order valence-corrected chi connectivity index (χ0v) is 17.3. The second-order valence-electron chi connectivity index (χ2n) is 7.59. The number of pyridine rings is 3. The number of rotatable bonds is 6. The summed E-state index contributed by atoms with van der Waals surface area (Å²) in [4.78, 5) is 25.7. The third kappa shape index (κ3) is 3.85. The first kappa shape index (κ1) is 19.5. The molecule has 2 atom stereocenters. The molecule has 156 valence electrons. The molecule has 5 rings (SSSR count). The van der Waals surface area contributed by atoms with Crippen molar-refractivity contribution in [1.29, 1.82) is 0 Å². The topological polar surface area (TPSA) is 127 Å². The van der Waals surface area contributed by atoms with E-state index in [2.05, 4.69) is 24.6 Å². The Morgan fingerprint density at radius 1 is 1.29 bits per heavy atom. The number of nitrogens with two attached hydrogens (primary N) is 1. The van der Waals surface area contributed by atoms with E-state index in [9.17, 15) is 9.90 Å². The summed E-state index contributed by atoms with van der Waals surface area (Å²) in [6.45, 7) is 0.0315. The number of anilines is 2. The Balaban J connectivity index is 1.42. The Hall–Kier alpha value is -3.43. The molecular formula is C22H20N6O2S. The van der Waals surface area contributed by atoms with Gasteiger partial charge in [-0.15, -0.1) is 0 Å². The lowest BCUT2D eigenvalue weighted by Crippen LogP contribution is -2.15. The molecule has 4 aromatic rings. The number of hydrogen-bond donors (Lipinski definition) is 3. The van der Waals surface area contributed by atoms with E-state index in [0.29, 0.717) is 29.1 Å². The molecule has 0 aromatic carbocycles. The molecule has 2 unspecified atom stereocenters. The molecule has 4 N–H and O–H groups in total. The third-order valence-electron chi connectivity index (χ3n) is 5.57. The summed E-state index contributed by atoms with van der Waals surface area (Å²) in [6.07, 6.45) is 8.19. The van der Waals surface area contributed by atoms with Crippen molar-refractivity contribution < 1.29 is 9.90 Å². The molecule has 31 heavy (non-hydrogen) atoms. The number of hydrogen-bond acceptors (Lipinski definition) is 8. The highest BCUT2D eigenvalue weighted by Gasteiger charge is 2.44. The van der Waals surface area contributed by atoms with Crippen molar-refractivity contribution in [1.82, 2.24) is 19.3 Å². The van der Waals surface area contributed by atoms with Gasteiger partial charge in [-0.05, 0) is 65.0 Å². The first-order valence-corrected chi connectivity index (χ1v) is 10.8. The van der Waals surface area contributed by atoms with Crippen LogP contribution in [0.15, 0.2) is 48.4 Å². The van der Waals surface area contributed by atoms with Crippen LogP contribution < -0.4 is 11.1 Å². The summed E-state index contributed by atoms with van der Waals surface area (Å²) >= 11 is 1.40. The summed E-state index contributed by atoms with van der Waals surface area (Å²) in [5.74, 6) is 0.973. The predicted molar refractivity (Wildman–Crippen MR) is 120 cm³/mol. The molecule has 0 bridgehead atoms. The van der Waals surface area contributed by atoms with Crippen LogP contribution in [0.4, 0.5) is 11.6 Å². The van der Waals surface area contributed by atoms with Crippen LogP contribution in [-0.2, 0) is 11.2 Å². The van der Waals surface area contributed by atoms with Gasteiger partial charge >= 0.3 is 0 Å². The number of aliphatic hydroxyl groups excluding tert-OH is 1. The Bertz CT molecular complexity index is 1260. The van der Waals surface area contributed by atoms with Crippen molar-refractivity contribution in [2.45, 2.75) is 18.8 Å². The number of amides is 1. The van der Waals surface area contributed by atoms with Gasteiger partial charge in [-0.2, -0.15) is 0 Å². The van der Waals surface area contributed by atoms with Crippen molar-refractivity contribution in [3.8, 4) is 11.3 Å². The van der Waals surface area contributed by atoms with Crippen molar-refractivity contribution in [2.24, 2.45) is 5.92 Å². The Labute approximate surface area is 182 Å². The highest BCUT2D eigenvalue weighted by molar-refractivity contribution is 7.03. The fraction of sp³-hybridized carbons (Fsp3) is 0.227. The molecule has 1 aliphatic carbocycles. The second kappa shape index (κ2) is 8.01. The molecule has 0 radical (unpaired) electrons. The van der Waals surface area contributed by atoms with E-state index < -0.39 is 0 Å². The average Bonchev–Trinajstić information content (AvgIpc) is 3.39. The molecule has 1 fully saturated rings. The SMILES string of the molecule is Nc1nc(-c2cnccc2CCO)cc2cc(NC(=O)C3CC3c3cnsc3)ncc12. The Kier molecular flexibility index (Phi) is 5.05. The molecule has 4 aromatic heterocycles. The quantitative estimate of drug-likeness (QED) is 0.427. The van der Waals surface area contributed by atoms with Gasteiger partial charge in [-0.25, -0.2) is 14.3 Å². The fourth-order valence-corrected chi connectivity index (χ4v) is 4.44. The van der Waals surface area contributed by atoms with Gasteiger partial charge in [-0.3, -0.25) is 9.78 Å². The zero-order chi connectivity index (χ0) is 21.4. The number of aliphatic hydroxyl groups is 1. The number of nitrogens with one attached hydrogen (secondary N) is 1. The Morgan fingerprint density at radius 3 is 3.00 bits per heavy atom. The van der Waals surface area contributed by atoms with E-state index in [1.54, 1.807) is 24.7 Å². The first-order chi connectivity index (χ1) is 15.1. The summed E-state index contributed by atoms with van der Waals surface area (Å²) in [5, 5.41) is 15.8. The van der Waals surface area contributed by atoms with E-state index >= 15 is 0 Å². The summed E-state index contributed by atoms with van der Waals surface area (Å²) in [6, 6.07) is 5.57. The van der Waals surface area contributed by atoms with Gasteiger partial charge in [0.05, 0.1) is 5.69 Å². The molecule has 9 heteroatoms. The highest BCUT2D eigenvalue weighted by Crippen LogP contribution is 2.48. The molecule has 1 amide bonds. The normalized spacial score (nSPS) is 17.6.